The number of thioether (sulfide) groups is 1. The Kier molecular flexibility index (Phi) is 5.36. The Balaban J connectivity index is 1.91. The zero-order valence-corrected chi connectivity index (χ0v) is 15.8. The number of amidine groups is 1. The summed E-state index contributed by atoms with van der Waals surface area (Å²) in [5.41, 5.74) is 1.34. The number of aromatic carboxylic acids is 1. The Morgan fingerprint density at radius 1 is 1.19 bits per heavy atom. The molecule has 1 heterocycles. The highest BCUT2D eigenvalue weighted by Gasteiger charge is 2.30. The fraction of sp³-hybridized carbons (Fsp3) is 0.0556. The van der Waals surface area contributed by atoms with E-state index in [1.165, 1.54) is 28.8 Å². The number of aliphatic imine (C=N–C) groups is 1. The number of amides is 1. The first-order chi connectivity index (χ1) is 12.3. The average Bonchev–Trinajstić information content (AvgIpc) is 2.86. The van der Waals surface area contributed by atoms with E-state index in [1.54, 1.807) is 43.5 Å². The quantitative estimate of drug-likeness (QED) is 0.733. The number of carbonyl (C=O) groups excluding carboxylic acids is 1. The van der Waals surface area contributed by atoms with Gasteiger partial charge >= 0.3 is 5.97 Å². The van der Waals surface area contributed by atoms with Gasteiger partial charge in [-0.1, -0.05) is 35.3 Å². The van der Waals surface area contributed by atoms with Crippen molar-refractivity contribution in [2.24, 2.45) is 4.99 Å². The zero-order valence-electron chi connectivity index (χ0n) is 13.4. The molecule has 5 nitrogen and oxygen atoms in total. The van der Waals surface area contributed by atoms with Crippen LogP contribution in [0.2, 0.25) is 10.0 Å². The number of carboxylic acids is 1. The average molecular weight is 407 g/mol. The molecule has 1 aliphatic rings. The molecule has 0 aromatic heterocycles. The van der Waals surface area contributed by atoms with Gasteiger partial charge in [0.25, 0.3) is 5.91 Å². The van der Waals surface area contributed by atoms with Gasteiger partial charge in [-0.3, -0.25) is 9.69 Å². The van der Waals surface area contributed by atoms with Crippen molar-refractivity contribution in [2.45, 2.75) is 0 Å². The minimum atomic E-state index is -1.03. The van der Waals surface area contributed by atoms with Crippen LogP contribution in [0.3, 0.4) is 0 Å². The summed E-state index contributed by atoms with van der Waals surface area (Å²) in [6, 6.07) is 11.3. The number of halogens is 2. The lowest BCUT2D eigenvalue weighted by Gasteiger charge is -2.07. The highest BCUT2D eigenvalue weighted by Crippen LogP contribution is 2.34. The Morgan fingerprint density at radius 3 is 2.65 bits per heavy atom. The van der Waals surface area contributed by atoms with E-state index >= 15 is 0 Å². The zero-order chi connectivity index (χ0) is 18.8. The fourth-order valence-corrected chi connectivity index (χ4v) is 3.52. The second kappa shape index (κ2) is 7.53. The van der Waals surface area contributed by atoms with Crippen LogP contribution < -0.4 is 0 Å². The van der Waals surface area contributed by atoms with Gasteiger partial charge in [0.05, 0.1) is 26.2 Å². The topological polar surface area (TPSA) is 70.0 Å². The van der Waals surface area contributed by atoms with Crippen molar-refractivity contribution in [1.29, 1.82) is 0 Å². The molecule has 132 valence electrons. The summed E-state index contributed by atoms with van der Waals surface area (Å²) < 4.78 is 0. The van der Waals surface area contributed by atoms with Gasteiger partial charge in [-0.2, -0.15) is 0 Å². The van der Waals surface area contributed by atoms with Crippen LogP contribution in [0.5, 0.6) is 0 Å². The molecular weight excluding hydrogens is 395 g/mol. The SMILES string of the molecule is CN1C(=O)/C(=C/c2ccc(Cl)c(Cl)c2)SC1=Nc1cccc(C(=O)O)c1. The molecule has 0 unspecified atom stereocenters. The standard InChI is InChI=1S/C18H12Cl2N2O3S/c1-22-16(23)15(8-10-5-6-13(19)14(20)7-10)26-18(22)21-12-4-2-3-11(9-12)17(24)25/h2-9H,1H3,(H,24,25)/b15-8-,21-18?. The molecule has 1 saturated heterocycles. The molecule has 0 aliphatic carbocycles. The van der Waals surface area contributed by atoms with Crippen LogP contribution in [0.4, 0.5) is 5.69 Å². The van der Waals surface area contributed by atoms with Crippen molar-refractivity contribution in [1.82, 2.24) is 4.90 Å². The van der Waals surface area contributed by atoms with Gasteiger partial charge in [-0.15, -0.1) is 0 Å². The van der Waals surface area contributed by atoms with Gasteiger partial charge in [0, 0.05) is 7.05 Å². The van der Waals surface area contributed by atoms with E-state index in [4.69, 9.17) is 28.3 Å². The Morgan fingerprint density at radius 2 is 1.96 bits per heavy atom. The number of carboxylic acid groups (broad SMARTS) is 1. The van der Waals surface area contributed by atoms with E-state index in [1.807, 2.05) is 0 Å². The van der Waals surface area contributed by atoms with E-state index in [-0.39, 0.29) is 11.5 Å². The lowest BCUT2D eigenvalue weighted by molar-refractivity contribution is -0.121. The summed E-state index contributed by atoms with van der Waals surface area (Å²) in [5, 5.41) is 10.4. The Hall–Kier alpha value is -2.28. The van der Waals surface area contributed by atoms with Crippen LogP contribution in [-0.4, -0.2) is 34.1 Å². The monoisotopic (exact) mass is 406 g/mol. The molecule has 0 bridgehead atoms. The molecule has 1 N–H and O–H groups in total. The number of rotatable bonds is 3. The lowest BCUT2D eigenvalue weighted by atomic mass is 10.2. The molecule has 0 radical (unpaired) electrons. The first-order valence-electron chi connectivity index (χ1n) is 7.40. The van der Waals surface area contributed by atoms with Gasteiger partial charge in [0.15, 0.2) is 5.17 Å². The molecular formula is C18H12Cl2N2O3S. The van der Waals surface area contributed by atoms with Crippen LogP contribution >= 0.6 is 35.0 Å². The van der Waals surface area contributed by atoms with Crippen LogP contribution in [-0.2, 0) is 4.79 Å². The summed E-state index contributed by atoms with van der Waals surface area (Å²) in [7, 11) is 1.62. The fourth-order valence-electron chi connectivity index (χ4n) is 2.22. The molecule has 2 aromatic rings. The molecule has 1 amide bonds. The van der Waals surface area contributed by atoms with Crippen LogP contribution in [0.15, 0.2) is 52.4 Å². The van der Waals surface area contributed by atoms with Gasteiger partial charge in [-0.05, 0) is 53.7 Å². The number of hydrogen-bond donors (Lipinski definition) is 1. The second-order valence-electron chi connectivity index (χ2n) is 5.40. The highest BCUT2D eigenvalue weighted by molar-refractivity contribution is 8.18. The van der Waals surface area contributed by atoms with Crippen molar-refractivity contribution in [3.63, 3.8) is 0 Å². The molecule has 3 rings (SSSR count). The van der Waals surface area contributed by atoms with Gasteiger partial charge in [0.2, 0.25) is 0 Å². The van der Waals surface area contributed by atoms with E-state index in [9.17, 15) is 9.59 Å². The molecule has 1 fully saturated rings. The molecule has 2 aromatic carbocycles. The van der Waals surface area contributed by atoms with E-state index in [0.29, 0.717) is 25.8 Å². The summed E-state index contributed by atoms with van der Waals surface area (Å²) in [4.78, 5) is 29.8. The van der Waals surface area contributed by atoms with Crippen molar-refractivity contribution in [3.8, 4) is 0 Å². The van der Waals surface area contributed by atoms with Crippen LogP contribution in [0.1, 0.15) is 15.9 Å². The van der Waals surface area contributed by atoms with Crippen molar-refractivity contribution in [3.05, 3.63) is 68.5 Å². The predicted molar refractivity (Wildman–Crippen MR) is 105 cm³/mol. The number of carbonyl (C=O) groups is 2. The Labute approximate surface area is 163 Å². The number of nitrogens with zero attached hydrogens (tertiary/aromatic N) is 2. The highest BCUT2D eigenvalue weighted by atomic mass is 35.5. The minimum Gasteiger partial charge on any atom is -0.478 e. The maximum atomic E-state index is 12.4. The van der Waals surface area contributed by atoms with Crippen molar-refractivity contribution < 1.29 is 14.7 Å². The second-order valence-corrected chi connectivity index (χ2v) is 7.22. The van der Waals surface area contributed by atoms with Gasteiger partial charge in [0.1, 0.15) is 0 Å². The molecule has 0 spiro atoms. The molecule has 26 heavy (non-hydrogen) atoms. The van der Waals surface area contributed by atoms with Crippen molar-refractivity contribution >= 4 is 63.8 Å². The van der Waals surface area contributed by atoms with Gasteiger partial charge in [-0.25, -0.2) is 9.79 Å². The lowest BCUT2D eigenvalue weighted by Crippen LogP contribution is -2.23. The van der Waals surface area contributed by atoms with E-state index < -0.39 is 5.97 Å². The first kappa shape index (κ1) is 18.5. The summed E-state index contributed by atoms with van der Waals surface area (Å²) in [5.74, 6) is -1.23. The molecule has 1 aliphatic heterocycles. The number of hydrogen-bond acceptors (Lipinski definition) is 4. The smallest absolute Gasteiger partial charge is 0.335 e. The number of likely N-dealkylation sites (N-methyl/N-ethyl adjacent to an activating group) is 1. The molecule has 0 saturated carbocycles. The third-order valence-electron chi connectivity index (χ3n) is 3.56. The first-order valence-corrected chi connectivity index (χ1v) is 8.97. The van der Waals surface area contributed by atoms with Gasteiger partial charge < -0.3 is 5.11 Å². The largest absolute Gasteiger partial charge is 0.478 e. The third-order valence-corrected chi connectivity index (χ3v) is 5.36. The molecule has 8 heteroatoms. The van der Waals surface area contributed by atoms with E-state index in [2.05, 4.69) is 4.99 Å². The maximum Gasteiger partial charge on any atom is 0.335 e. The Bertz CT molecular complexity index is 973. The van der Waals surface area contributed by atoms with E-state index in [0.717, 1.165) is 5.56 Å². The number of benzene rings is 2. The summed E-state index contributed by atoms with van der Waals surface area (Å²) in [6.07, 6.45) is 1.71. The normalized spacial score (nSPS) is 17.3. The predicted octanol–water partition coefficient (Wildman–Crippen LogP) is 4.93. The third kappa shape index (κ3) is 3.93. The maximum absolute atomic E-state index is 12.4. The van der Waals surface area contributed by atoms with Crippen LogP contribution in [0, 0.1) is 0 Å². The molecule has 0 atom stereocenters. The summed E-state index contributed by atoms with van der Waals surface area (Å²) >= 11 is 13.1. The van der Waals surface area contributed by atoms with Crippen molar-refractivity contribution in [2.75, 3.05) is 7.05 Å². The summed E-state index contributed by atoms with van der Waals surface area (Å²) in [6.45, 7) is 0. The minimum absolute atomic E-state index is 0.135. The van der Waals surface area contributed by atoms with Crippen LogP contribution in [0.25, 0.3) is 6.08 Å².